The molecule has 2 aromatic rings. The number of halogens is 1. The quantitative estimate of drug-likeness (QED) is 0.605. The standard InChI is InChI=1S/C16H14ClNO4/c1-2-21-15(19)10-22-14-6-5-12(17)8-13(14)16(20)11-4-3-7-18-9-11/h3-9H,2,10H2,1H3. The van der Waals surface area contributed by atoms with Gasteiger partial charge in [-0.15, -0.1) is 0 Å². The first kappa shape index (κ1) is 16.0. The van der Waals surface area contributed by atoms with Crippen molar-refractivity contribution in [2.24, 2.45) is 0 Å². The van der Waals surface area contributed by atoms with E-state index in [9.17, 15) is 9.59 Å². The van der Waals surface area contributed by atoms with Crippen LogP contribution in [-0.4, -0.2) is 30.0 Å². The van der Waals surface area contributed by atoms with E-state index < -0.39 is 5.97 Å². The van der Waals surface area contributed by atoms with Gasteiger partial charge in [0.2, 0.25) is 0 Å². The largest absolute Gasteiger partial charge is 0.481 e. The summed E-state index contributed by atoms with van der Waals surface area (Å²) in [5.41, 5.74) is 0.676. The number of aromatic nitrogens is 1. The number of carbonyl (C=O) groups excluding carboxylic acids is 2. The summed E-state index contributed by atoms with van der Waals surface area (Å²) in [5.74, 6) is -0.516. The van der Waals surface area contributed by atoms with Crippen molar-refractivity contribution in [3.8, 4) is 5.75 Å². The molecule has 5 nitrogen and oxygen atoms in total. The molecular weight excluding hydrogens is 306 g/mol. The summed E-state index contributed by atoms with van der Waals surface area (Å²) < 4.78 is 10.2. The zero-order chi connectivity index (χ0) is 15.9. The second-order valence-corrected chi connectivity index (χ2v) is 4.74. The third-order valence-corrected chi connectivity index (χ3v) is 3.00. The molecule has 0 aliphatic carbocycles. The lowest BCUT2D eigenvalue weighted by Gasteiger charge is -2.11. The highest BCUT2D eigenvalue weighted by Gasteiger charge is 2.16. The highest BCUT2D eigenvalue weighted by Crippen LogP contribution is 2.25. The number of hydrogen-bond acceptors (Lipinski definition) is 5. The predicted octanol–water partition coefficient (Wildman–Crippen LogP) is 2.91. The van der Waals surface area contributed by atoms with Crippen LogP contribution in [-0.2, 0) is 9.53 Å². The van der Waals surface area contributed by atoms with Crippen LogP contribution in [0.4, 0.5) is 0 Å². The highest BCUT2D eigenvalue weighted by atomic mass is 35.5. The van der Waals surface area contributed by atoms with Gasteiger partial charge in [-0.1, -0.05) is 11.6 Å². The van der Waals surface area contributed by atoms with E-state index in [4.69, 9.17) is 21.1 Å². The van der Waals surface area contributed by atoms with E-state index in [1.807, 2.05) is 0 Å². The molecule has 0 fully saturated rings. The summed E-state index contributed by atoms with van der Waals surface area (Å²) in [6, 6.07) is 7.94. The maximum Gasteiger partial charge on any atom is 0.344 e. The van der Waals surface area contributed by atoms with E-state index in [1.54, 1.807) is 37.4 Å². The fourth-order valence-electron chi connectivity index (χ4n) is 1.80. The smallest absolute Gasteiger partial charge is 0.344 e. The molecular formula is C16H14ClNO4. The molecule has 0 amide bonds. The van der Waals surface area contributed by atoms with Gasteiger partial charge in [-0.2, -0.15) is 0 Å². The molecule has 22 heavy (non-hydrogen) atoms. The van der Waals surface area contributed by atoms with Gasteiger partial charge in [0, 0.05) is 23.0 Å². The molecule has 0 N–H and O–H groups in total. The summed E-state index contributed by atoms with van der Waals surface area (Å²) in [7, 11) is 0. The second kappa shape index (κ2) is 7.56. The van der Waals surface area contributed by atoms with Gasteiger partial charge in [0.05, 0.1) is 12.2 Å². The third-order valence-electron chi connectivity index (χ3n) is 2.76. The van der Waals surface area contributed by atoms with Crippen LogP contribution < -0.4 is 4.74 Å². The van der Waals surface area contributed by atoms with Gasteiger partial charge in [-0.3, -0.25) is 9.78 Å². The molecule has 0 saturated carbocycles. The first-order valence-corrected chi connectivity index (χ1v) is 7.02. The van der Waals surface area contributed by atoms with E-state index in [-0.39, 0.29) is 30.3 Å². The molecule has 2 rings (SSSR count). The fraction of sp³-hybridized carbons (Fsp3) is 0.188. The minimum Gasteiger partial charge on any atom is -0.481 e. The van der Waals surface area contributed by atoms with Crippen LogP contribution in [0.3, 0.4) is 0 Å². The second-order valence-electron chi connectivity index (χ2n) is 4.31. The van der Waals surface area contributed by atoms with Crippen LogP contribution >= 0.6 is 11.6 Å². The minimum absolute atomic E-state index is 0.268. The molecule has 0 aliphatic heterocycles. The highest BCUT2D eigenvalue weighted by molar-refractivity contribution is 6.31. The van der Waals surface area contributed by atoms with E-state index >= 15 is 0 Å². The Balaban J connectivity index is 2.24. The summed E-state index contributed by atoms with van der Waals surface area (Å²) in [6.07, 6.45) is 3.03. The topological polar surface area (TPSA) is 65.5 Å². The van der Waals surface area contributed by atoms with Crippen molar-refractivity contribution in [2.75, 3.05) is 13.2 Å². The number of esters is 1. The molecule has 0 bridgehead atoms. The van der Waals surface area contributed by atoms with Crippen molar-refractivity contribution in [3.63, 3.8) is 0 Å². The Labute approximate surface area is 132 Å². The van der Waals surface area contributed by atoms with Crippen LogP contribution in [0.5, 0.6) is 5.75 Å². The first-order valence-electron chi connectivity index (χ1n) is 6.64. The number of carbonyl (C=O) groups is 2. The Hall–Kier alpha value is -2.40. The Bertz CT molecular complexity index is 673. The monoisotopic (exact) mass is 319 g/mol. The molecule has 1 aromatic heterocycles. The van der Waals surface area contributed by atoms with Gasteiger partial charge >= 0.3 is 5.97 Å². The molecule has 0 saturated heterocycles. The van der Waals surface area contributed by atoms with Gasteiger partial charge in [0.1, 0.15) is 5.75 Å². The van der Waals surface area contributed by atoms with E-state index in [0.29, 0.717) is 10.6 Å². The first-order chi connectivity index (χ1) is 10.6. The van der Waals surface area contributed by atoms with E-state index in [1.165, 1.54) is 12.3 Å². The Morgan fingerprint density at radius 3 is 2.77 bits per heavy atom. The van der Waals surface area contributed by atoms with Gasteiger partial charge < -0.3 is 9.47 Å². The molecule has 0 radical (unpaired) electrons. The van der Waals surface area contributed by atoms with Crippen LogP contribution in [0.2, 0.25) is 5.02 Å². The zero-order valence-electron chi connectivity index (χ0n) is 11.9. The van der Waals surface area contributed by atoms with Crippen molar-refractivity contribution in [1.29, 1.82) is 0 Å². The number of rotatable bonds is 6. The molecule has 1 aromatic carbocycles. The molecule has 6 heteroatoms. The van der Waals surface area contributed by atoms with Crippen molar-refractivity contribution < 1.29 is 19.1 Å². The number of ether oxygens (including phenoxy) is 2. The fourth-order valence-corrected chi connectivity index (χ4v) is 1.97. The average molecular weight is 320 g/mol. The predicted molar refractivity (Wildman–Crippen MR) is 81.2 cm³/mol. The number of benzene rings is 1. The SMILES string of the molecule is CCOC(=O)COc1ccc(Cl)cc1C(=O)c1cccnc1. The summed E-state index contributed by atoms with van der Waals surface area (Å²) in [6.45, 7) is 1.70. The van der Waals surface area contributed by atoms with E-state index in [2.05, 4.69) is 4.98 Å². The van der Waals surface area contributed by atoms with Gasteiger partial charge in [-0.25, -0.2) is 4.79 Å². The van der Waals surface area contributed by atoms with Gasteiger partial charge in [0.25, 0.3) is 0 Å². The molecule has 0 unspecified atom stereocenters. The van der Waals surface area contributed by atoms with Crippen LogP contribution in [0, 0.1) is 0 Å². The molecule has 0 atom stereocenters. The lowest BCUT2D eigenvalue weighted by atomic mass is 10.0. The lowest BCUT2D eigenvalue weighted by molar-refractivity contribution is -0.145. The summed E-state index contributed by atoms with van der Waals surface area (Å²) >= 11 is 5.95. The van der Waals surface area contributed by atoms with Gasteiger partial charge in [-0.05, 0) is 37.3 Å². The van der Waals surface area contributed by atoms with Crippen LogP contribution in [0.15, 0.2) is 42.7 Å². The van der Waals surface area contributed by atoms with Crippen molar-refractivity contribution in [1.82, 2.24) is 4.98 Å². The summed E-state index contributed by atoms with van der Waals surface area (Å²) in [5, 5.41) is 0.399. The number of hydrogen-bond donors (Lipinski definition) is 0. The van der Waals surface area contributed by atoms with Gasteiger partial charge in [0.15, 0.2) is 12.4 Å². The number of nitrogens with zero attached hydrogens (tertiary/aromatic N) is 1. The molecule has 1 heterocycles. The zero-order valence-corrected chi connectivity index (χ0v) is 12.7. The minimum atomic E-state index is -0.503. The van der Waals surface area contributed by atoms with Crippen LogP contribution in [0.25, 0.3) is 0 Å². The Morgan fingerprint density at radius 2 is 2.09 bits per heavy atom. The van der Waals surface area contributed by atoms with Crippen molar-refractivity contribution in [2.45, 2.75) is 6.92 Å². The molecule has 0 aliphatic rings. The third kappa shape index (κ3) is 4.05. The lowest BCUT2D eigenvalue weighted by Crippen LogP contribution is -2.16. The van der Waals surface area contributed by atoms with Crippen molar-refractivity contribution >= 4 is 23.4 Å². The average Bonchev–Trinajstić information content (AvgIpc) is 2.54. The molecule has 114 valence electrons. The maximum absolute atomic E-state index is 12.5. The van der Waals surface area contributed by atoms with Crippen LogP contribution in [0.1, 0.15) is 22.8 Å². The molecule has 0 spiro atoms. The maximum atomic E-state index is 12.5. The van der Waals surface area contributed by atoms with E-state index in [0.717, 1.165) is 0 Å². The number of ketones is 1. The number of pyridine rings is 1. The Kier molecular flexibility index (Phi) is 5.49. The summed E-state index contributed by atoms with van der Waals surface area (Å²) in [4.78, 5) is 27.8. The Morgan fingerprint density at radius 1 is 1.27 bits per heavy atom. The van der Waals surface area contributed by atoms with Crippen molar-refractivity contribution in [3.05, 3.63) is 58.9 Å². The normalized spacial score (nSPS) is 10.1.